The summed E-state index contributed by atoms with van der Waals surface area (Å²) in [4.78, 5) is 6.42. The average Bonchev–Trinajstić information content (AvgIpc) is 2.88. The van der Waals surface area contributed by atoms with Crippen LogP contribution in [0.1, 0.15) is 20.8 Å². The van der Waals surface area contributed by atoms with E-state index in [0.717, 1.165) is 0 Å². The molecule has 98 valence electrons. The summed E-state index contributed by atoms with van der Waals surface area (Å²) in [5, 5.41) is 0. The Morgan fingerprint density at radius 3 is 1.88 bits per heavy atom. The summed E-state index contributed by atoms with van der Waals surface area (Å²) in [6, 6.07) is 0. The molecule has 0 aromatic carbocycles. The van der Waals surface area contributed by atoms with Crippen molar-refractivity contribution in [3.05, 3.63) is 31.0 Å². The van der Waals surface area contributed by atoms with Gasteiger partial charge < -0.3 is 18.3 Å². The van der Waals surface area contributed by atoms with E-state index < -0.39 is 8.80 Å². The first kappa shape index (κ1) is 16.0. The Morgan fingerprint density at radius 2 is 1.71 bits per heavy atom. The molecule has 5 nitrogen and oxygen atoms in total. The third-order valence-corrected chi connectivity index (χ3v) is 4.27. The summed E-state index contributed by atoms with van der Waals surface area (Å²) in [5.41, 5.74) is 1.67. The standard InChI is InChI=1S/C8H18O3Si.C3H4N2/c1-5-9-12(8-4,10-6-2)11-7-3;1-2-5-3-4-1/h8H,4-7H2,1-3H3;1-3H,(H,4,5). The van der Waals surface area contributed by atoms with Gasteiger partial charge in [-0.1, -0.05) is 6.58 Å². The second-order valence-electron chi connectivity index (χ2n) is 2.87. The Bertz CT molecular complexity index is 233. The third-order valence-electron chi connectivity index (χ3n) is 1.69. The largest absolute Gasteiger partial charge is 0.528 e. The minimum atomic E-state index is -2.51. The minimum absolute atomic E-state index is 0.595. The van der Waals surface area contributed by atoms with Crippen LogP contribution in [-0.4, -0.2) is 38.6 Å². The summed E-state index contributed by atoms with van der Waals surface area (Å²) >= 11 is 0. The lowest BCUT2D eigenvalue weighted by atomic mass is 10.9. The van der Waals surface area contributed by atoms with Gasteiger partial charge in [0, 0.05) is 32.2 Å². The van der Waals surface area contributed by atoms with Crippen LogP contribution in [0.25, 0.3) is 0 Å². The monoisotopic (exact) mass is 258 g/mol. The number of nitrogens with one attached hydrogen (secondary N) is 1. The number of hydrogen-bond donors (Lipinski definition) is 1. The van der Waals surface area contributed by atoms with Crippen LogP contribution in [0.15, 0.2) is 31.0 Å². The van der Waals surface area contributed by atoms with E-state index in [4.69, 9.17) is 13.3 Å². The van der Waals surface area contributed by atoms with Crippen LogP contribution in [-0.2, 0) is 13.3 Å². The normalized spacial score (nSPS) is 10.5. The molecular formula is C11H22N2O3Si. The molecule has 0 aliphatic carbocycles. The van der Waals surface area contributed by atoms with E-state index in [1.54, 1.807) is 24.4 Å². The Hall–Kier alpha value is -0.953. The fraction of sp³-hybridized carbons (Fsp3) is 0.545. The second-order valence-corrected chi connectivity index (χ2v) is 5.35. The number of hydrogen-bond acceptors (Lipinski definition) is 4. The van der Waals surface area contributed by atoms with Gasteiger partial charge in [0.15, 0.2) is 0 Å². The van der Waals surface area contributed by atoms with Gasteiger partial charge in [-0.2, -0.15) is 0 Å². The molecule has 0 bridgehead atoms. The summed E-state index contributed by atoms with van der Waals surface area (Å²) < 4.78 is 16.3. The Balaban J connectivity index is 0.000000419. The highest BCUT2D eigenvalue weighted by Crippen LogP contribution is 2.10. The molecule has 6 heteroatoms. The van der Waals surface area contributed by atoms with Crippen LogP contribution >= 0.6 is 0 Å². The summed E-state index contributed by atoms with van der Waals surface area (Å²) in [5.74, 6) is 0. The zero-order valence-electron chi connectivity index (χ0n) is 10.8. The number of nitrogens with zero attached hydrogens (tertiary/aromatic N) is 1. The lowest BCUT2D eigenvalue weighted by Crippen LogP contribution is -2.44. The molecule has 1 aromatic rings. The van der Waals surface area contributed by atoms with Crippen molar-refractivity contribution in [2.45, 2.75) is 20.8 Å². The lowest BCUT2D eigenvalue weighted by Gasteiger charge is -2.24. The molecule has 0 saturated heterocycles. The molecule has 0 aliphatic heterocycles. The van der Waals surface area contributed by atoms with Gasteiger partial charge in [-0.15, -0.1) is 0 Å². The molecule has 1 aromatic heterocycles. The number of H-pyrrole nitrogens is 1. The average molecular weight is 258 g/mol. The van der Waals surface area contributed by atoms with E-state index in [1.807, 2.05) is 20.8 Å². The molecule has 0 radical (unpaired) electrons. The molecule has 0 atom stereocenters. The van der Waals surface area contributed by atoms with Crippen LogP contribution < -0.4 is 0 Å². The first-order valence-electron chi connectivity index (χ1n) is 5.72. The number of aromatic amines is 1. The van der Waals surface area contributed by atoms with E-state index in [-0.39, 0.29) is 0 Å². The maximum absolute atomic E-state index is 5.44. The zero-order valence-corrected chi connectivity index (χ0v) is 11.8. The molecule has 0 fully saturated rings. The van der Waals surface area contributed by atoms with Gasteiger partial charge in [0.2, 0.25) is 0 Å². The van der Waals surface area contributed by atoms with Crippen molar-refractivity contribution in [3.8, 4) is 0 Å². The smallest absolute Gasteiger partial charge is 0.371 e. The van der Waals surface area contributed by atoms with Gasteiger partial charge in [-0.25, -0.2) is 4.98 Å². The molecule has 0 saturated carbocycles. The highest BCUT2D eigenvalue weighted by molar-refractivity contribution is 6.66. The number of aromatic nitrogens is 2. The summed E-state index contributed by atoms with van der Waals surface area (Å²) in [7, 11) is -2.51. The van der Waals surface area contributed by atoms with Crippen molar-refractivity contribution in [1.82, 2.24) is 9.97 Å². The highest BCUT2D eigenvalue weighted by atomic mass is 28.4. The van der Waals surface area contributed by atoms with E-state index >= 15 is 0 Å². The number of imidazole rings is 1. The molecule has 1 N–H and O–H groups in total. The zero-order chi connectivity index (χ0) is 13.0. The van der Waals surface area contributed by atoms with Gasteiger partial charge in [0.25, 0.3) is 0 Å². The SMILES string of the molecule is C=C[Si](OCC)(OCC)OCC.c1c[nH]cn1. The summed E-state index contributed by atoms with van der Waals surface area (Å²) in [6.07, 6.45) is 5.08. The van der Waals surface area contributed by atoms with Gasteiger partial charge >= 0.3 is 8.80 Å². The molecule has 1 heterocycles. The second kappa shape index (κ2) is 10.2. The van der Waals surface area contributed by atoms with Crippen molar-refractivity contribution in [3.63, 3.8) is 0 Å². The van der Waals surface area contributed by atoms with Crippen LogP contribution in [0.5, 0.6) is 0 Å². The molecule has 17 heavy (non-hydrogen) atoms. The van der Waals surface area contributed by atoms with Crippen LogP contribution in [0.2, 0.25) is 0 Å². The molecular weight excluding hydrogens is 236 g/mol. The van der Waals surface area contributed by atoms with E-state index in [9.17, 15) is 0 Å². The summed E-state index contributed by atoms with van der Waals surface area (Å²) in [6.45, 7) is 11.2. The van der Waals surface area contributed by atoms with Gasteiger partial charge in [0.1, 0.15) is 0 Å². The maximum Gasteiger partial charge on any atom is 0.528 e. The predicted octanol–water partition coefficient (Wildman–Crippen LogP) is 2.17. The molecule has 1 rings (SSSR count). The van der Waals surface area contributed by atoms with Crippen LogP contribution in [0.4, 0.5) is 0 Å². The van der Waals surface area contributed by atoms with Crippen LogP contribution in [0.3, 0.4) is 0 Å². The first-order valence-corrected chi connectivity index (χ1v) is 7.53. The number of rotatable bonds is 7. The van der Waals surface area contributed by atoms with Crippen molar-refractivity contribution in [2.75, 3.05) is 19.8 Å². The highest BCUT2D eigenvalue weighted by Gasteiger charge is 2.36. The Morgan fingerprint density at radius 1 is 1.18 bits per heavy atom. The first-order chi connectivity index (χ1) is 8.24. The van der Waals surface area contributed by atoms with E-state index in [0.29, 0.717) is 19.8 Å². The van der Waals surface area contributed by atoms with Gasteiger partial charge in [-0.3, -0.25) is 0 Å². The van der Waals surface area contributed by atoms with Crippen molar-refractivity contribution >= 4 is 8.80 Å². The van der Waals surface area contributed by atoms with Gasteiger partial charge in [-0.05, 0) is 26.5 Å². The fourth-order valence-corrected chi connectivity index (χ4v) is 2.93. The van der Waals surface area contributed by atoms with Gasteiger partial charge in [0.05, 0.1) is 6.33 Å². The maximum atomic E-state index is 5.44. The van der Waals surface area contributed by atoms with Crippen molar-refractivity contribution < 1.29 is 13.3 Å². The van der Waals surface area contributed by atoms with Crippen molar-refractivity contribution in [2.24, 2.45) is 0 Å². The topological polar surface area (TPSA) is 56.4 Å². The third kappa shape index (κ3) is 7.06. The molecule has 0 aliphatic rings. The van der Waals surface area contributed by atoms with E-state index in [1.165, 1.54) is 0 Å². The molecule has 0 unspecified atom stereocenters. The molecule has 0 amide bonds. The predicted molar refractivity (Wildman–Crippen MR) is 69.4 cm³/mol. The van der Waals surface area contributed by atoms with E-state index in [2.05, 4.69) is 16.5 Å². The fourth-order valence-electron chi connectivity index (χ4n) is 1.12. The quantitative estimate of drug-likeness (QED) is 0.762. The van der Waals surface area contributed by atoms with Crippen molar-refractivity contribution in [1.29, 1.82) is 0 Å². The lowest BCUT2D eigenvalue weighted by molar-refractivity contribution is 0.0844. The molecule has 0 spiro atoms. The Kier molecular flexibility index (Phi) is 9.64. The Labute approximate surface area is 104 Å². The van der Waals surface area contributed by atoms with Crippen LogP contribution in [0, 0.1) is 0 Å². The minimum Gasteiger partial charge on any atom is -0.371 e.